The largest absolute Gasteiger partial charge is 0.491 e. The fourth-order valence-corrected chi connectivity index (χ4v) is 2.28. The Balaban J connectivity index is 1.73. The highest BCUT2D eigenvalue weighted by atomic mass is 35.5. The number of carbonyl (C=O) groups excluding carboxylic acids is 1. The summed E-state index contributed by atoms with van der Waals surface area (Å²) in [5.41, 5.74) is 0.785. The number of carbonyl (C=O) groups is 1. The van der Waals surface area contributed by atoms with Crippen LogP contribution in [0.5, 0.6) is 5.75 Å². The highest BCUT2D eigenvalue weighted by Gasteiger charge is 2.08. The lowest BCUT2D eigenvalue weighted by Gasteiger charge is -2.17. The van der Waals surface area contributed by atoms with Gasteiger partial charge in [0.15, 0.2) is 0 Å². The van der Waals surface area contributed by atoms with Crippen LogP contribution in [0.4, 0.5) is 5.69 Å². The zero-order chi connectivity index (χ0) is 16.7. The van der Waals surface area contributed by atoms with E-state index in [1.165, 1.54) is 0 Å². The van der Waals surface area contributed by atoms with Crippen LogP contribution in [0.3, 0.4) is 0 Å². The molecule has 1 amide bonds. The number of ether oxygens (including phenoxy) is 1. The van der Waals surface area contributed by atoms with Gasteiger partial charge in [-0.2, -0.15) is 0 Å². The molecular formula is C17H18Cl2N2O2. The molecule has 0 saturated heterocycles. The van der Waals surface area contributed by atoms with Gasteiger partial charge >= 0.3 is 0 Å². The molecule has 0 radical (unpaired) electrons. The molecule has 122 valence electrons. The van der Waals surface area contributed by atoms with Crippen molar-refractivity contribution in [1.29, 1.82) is 0 Å². The third-order valence-electron chi connectivity index (χ3n) is 3.09. The number of rotatable bonds is 7. The molecule has 1 N–H and O–H groups in total. The van der Waals surface area contributed by atoms with E-state index in [4.69, 9.17) is 27.9 Å². The summed E-state index contributed by atoms with van der Waals surface area (Å²) in [7, 11) is 1.85. The Bertz CT molecular complexity index is 650. The summed E-state index contributed by atoms with van der Waals surface area (Å²) < 4.78 is 5.60. The van der Waals surface area contributed by atoms with Crippen molar-refractivity contribution in [3.05, 3.63) is 58.6 Å². The summed E-state index contributed by atoms with van der Waals surface area (Å²) >= 11 is 11.9. The predicted octanol–water partition coefficient (Wildman–Crippen LogP) is 3.94. The minimum absolute atomic E-state index is 0.0699. The average molecular weight is 353 g/mol. The molecule has 0 heterocycles. The Morgan fingerprint density at radius 1 is 1.17 bits per heavy atom. The molecule has 2 rings (SSSR count). The van der Waals surface area contributed by atoms with Crippen molar-refractivity contribution in [3.63, 3.8) is 0 Å². The summed E-state index contributed by atoms with van der Waals surface area (Å²) in [6.45, 7) is 1.28. The quantitative estimate of drug-likeness (QED) is 0.820. The van der Waals surface area contributed by atoms with E-state index in [9.17, 15) is 4.79 Å². The second-order valence-electron chi connectivity index (χ2n) is 5.08. The van der Waals surface area contributed by atoms with Gasteiger partial charge in [-0.3, -0.25) is 9.69 Å². The topological polar surface area (TPSA) is 41.6 Å². The van der Waals surface area contributed by atoms with E-state index >= 15 is 0 Å². The van der Waals surface area contributed by atoms with Gasteiger partial charge in [0.05, 0.1) is 11.6 Å². The molecule has 0 spiro atoms. The molecule has 0 aromatic heterocycles. The fourth-order valence-electron chi connectivity index (χ4n) is 1.95. The van der Waals surface area contributed by atoms with Gasteiger partial charge in [-0.1, -0.05) is 41.4 Å². The van der Waals surface area contributed by atoms with Crippen molar-refractivity contribution in [2.45, 2.75) is 0 Å². The van der Waals surface area contributed by atoms with Crippen LogP contribution in [0.2, 0.25) is 10.0 Å². The zero-order valence-electron chi connectivity index (χ0n) is 12.8. The maximum Gasteiger partial charge on any atom is 0.238 e. The molecule has 0 unspecified atom stereocenters. The van der Waals surface area contributed by atoms with Gasteiger partial charge in [-0.25, -0.2) is 0 Å². The summed E-state index contributed by atoms with van der Waals surface area (Å²) in [6, 6.07) is 14.4. The molecular weight excluding hydrogens is 335 g/mol. The number of amides is 1. The second-order valence-corrected chi connectivity index (χ2v) is 5.92. The van der Waals surface area contributed by atoms with Gasteiger partial charge in [-0.15, -0.1) is 0 Å². The lowest BCUT2D eigenvalue weighted by atomic mass is 10.3. The number of hydrogen-bond acceptors (Lipinski definition) is 3. The lowest BCUT2D eigenvalue weighted by Crippen LogP contribution is -2.33. The minimum Gasteiger partial charge on any atom is -0.491 e. The fraction of sp³-hybridized carbons (Fsp3) is 0.235. The van der Waals surface area contributed by atoms with Crippen LogP contribution in [-0.2, 0) is 4.79 Å². The van der Waals surface area contributed by atoms with Crippen LogP contribution in [0.1, 0.15) is 0 Å². The summed E-state index contributed by atoms with van der Waals surface area (Å²) in [5, 5.41) is 3.92. The monoisotopic (exact) mass is 352 g/mol. The van der Waals surface area contributed by atoms with Crippen molar-refractivity contribution in [1.82, 2.24) is 4.90 Å². The van der Waals surface area contributed by atoms with Gasteiger partial charge in [0.2, 0.25) is 5.91 Å². The maximum absolute atomic E-state index is 11.9. The molecule has 23 heavy (non-hydrogen) atoms. The predicted molar refractivity (Wildman–Crippen MR) is 94.5 cm³/mol. The van der Waals surface area contributed by atoms with Crippen molar-refractivity contribution in [2.24, 2.45) is 0 Å². The number of hydrogen-bond donors (Lipinski definition) is 1. The van der Waals surface area contributed by atoms with E-state index in [2.05, 4.69) is 5.32 Å². The Hall–Kier alpha value is -1.75. The van der Waals surface area contributed by atoms with E-state index in [1.54, 1.807) is 18.2 Å². The van der Waals surface area contributed by atoms with E-state index in [1.807, 2.05) is 42.3 Å². The Morgan fingerprint density at radius 3 is 2.65 bits per heavy atom. The number of para-hydroxylation sites is 1. The van der Waals surface area contributed by atoms with Crippen LogP contribution in [0.15, 0.2) is 48.5 Å². The SMILES string of the molecule is CN(CCOc1cc(Cl)ccc1Cl)CC(=O)Nc1ccccc1. The Morgan fingerprint density at radius 2 is 1.91 bits per heavy atom. The summed E-state index contributed by atoms with van der Waals surface area (Å²) in [5.74, 6) is 0.473. The van der Waals surface area contributed by atoms with Crippen LogP contribution >= 0.6 is 23.2 Å². The molecule has 2 aromatic rings. The first-order valence-electron chi connectivity index (χ1n) is 7.16. The van der Waals surface area contributed by atoms with E-state index < -0.39 is 0 Å². The zero-order valence-corrected chi connectivity index (χ0v) is 14.3. The molecule has 0 aliphatic rings. The minimum atomic E-state index is -0.0699. The first kappa shape index (κ1) is 17.6. The third-order valence-corrected chi connectivity index (χ3v) is 3.64. The van der Waals surface area contributed by atoms with Crippen molar-refractivity contribution >= 4 is 34.8 Å². The molecule has 0 fully saturated rings. The van der Waals surface area contributed by atoms with Crippen molar-refractivity contribution in [3.8, 4) is 5.75 Å². The van der Waals surface area contributed by atoms with Gasteiger partial charge in [0, 0.05) is 23.3 Å². The third kappa shape index (κ3) is 6.10. The molecule has 4 nitrogen and oxygen atoms in total. The number of likely N-dealkylation sites (N-methyl/N-ethyl adjacent to an activating group) is 1. The number of anilines is 1. The first-order valence-corrected chi connectivity index (χ1v) is 7.91. The van der Waals surface area contributed by atoms with Gasteiger partial charge in [0.1, 0.15) is 12.4 Å². The smallest absolute Gasteiger partial charge is 0.238 e. The van der Waals surface area contributed by atoms with Crippen LogP contribution in [0, 0.1) is 0 Å². The summed E-state index contributed by atoms with van der Waals surface area (Å²) in [6.07, 6.45) is 0. The van der Waals surface area contributed by atoms with E-state index in [0.29, 0.717) is 28.9 Å². The molecule has 6 heteroatoms. The molecule has 0 aliphatic carbocycles. The van der Waals surface area contributed by atoms with Crippen molar-refractivity contribution in [2.75, 3.05) is 32.1 Å². The highest BCUT2D eigenvalue weighted by molar-refractivity contribution is 6.34. The molecule has 0 bridgehead atoms. The molecule has 0 saturated carbocycles. The Kier molecular flexibility index (Phi) is 6.71. The van der Waals surface area contributed by atoms with Crippen LogP contribution < -0.4 is 10.1 Å². The highest BCUT2D eigenvalue weighted by Crippen LogP contribution is 2.27. The first-order chi connectivity index (χ1) is 11.0. The maximum atomic E-state index is 11.9. The van der Waals surface area contributed by atoms with E-state index in [-0.39, 0.29) is 12.5 Å². The lowest BCUT2D eigenvalue weighted by molar-refractivity contribution is -0.117. The second kappa shape index (κ2) is 8.77. The Labute approximate surface area is 146 Å². The molecule has 0 aliphatic heterocycles. The van der Waals surface area contributed by atoms with Gasteiger partial charge < -0.3 is 10.1 Å². The summed E-state index contributed by atoms with van der Waals surface area (Å²) in [4.78, 5) is 13.8. The number of halogens is 2. The van der Waals surface area contributed by atoms with Gasteiger partial charge in [0.25, 0.3) is 0 Å². The number of benzene rings is 2. The van der Waals surface area contributed by atoms with E-state index in [0.717, 1.165) is 5.69 Å². The average Bonchev–Trinajstić information content (AvgIpc) is 2.51. The number of nitrogens with one attached hydrogen (secondary N) is 1. The van der Waals surface area contributed by atoms with Gasteiger partial charge in [-0.05, 0) is 31.3 Å². The number of nitrogens with zero attached hydrogens (tertiary/aromatic N) is 1. The molecule has 2 aromatic carbocycles. The molecule has 0 atom stereocenters. The van der Waals surface area contributed by atoms with Crippen LogP contribution in [0.25, 0.3) is 0 Å². The van der Waals surface area contributed by atoms with Crippen LogP contribution in [-0.4, -0.2) is 37.6 Å². The van der Waals surface area contributed by atoms with Crippen molar-refractivity contribution < 1.29 is 9.53 Å². The normalized spacial score (nSPS) is 10.6. The standard InChI is InChI=1S/C17H18Cl2N2O2/c1-21(12-17(22)20-14-5-3-2-4-6-14)9-10-23-16-11-13(18)7-8-15(16)19/h2-8,11H,9-10,12H2,1H3,(H,20,22).